The van der Waals surface area contributed by atoms with Crippen LogP contribution >= 0.6 is 0 Å². The number of fused-ring (bicyclic) bond motifs is 1. The summed E-state index contributed by atoms with van der Waals surface area (Å²) < 4.78 is 5.74. The number of carbonyl (C=O) groups excluding carboxylic acids is 2. The van der Waals surface area contributed by atoms with Crippen LogP contribution in [0.3, 0.4) is 0 Å². The zero-order valence-electron chi connectivity index (χ0n) is 11.5. The second-order valence-corrected chi connectivity index (χ2v) is 4.74. The second kappa shape index (κ2) is 5.38. The van der Waals surface area contributed by atoms with Crippen LogP contribution in [0.15, 0.2) is 42.5 Å². The summed E-state index contributed by atoms with van der Waals surface area (Å²) in [6, 6.07) is 12.5. The van der Waals surface area contributed by atoms with Crippen LogP contribution in [0.1, 0.15) is 26.3 Å². The van der Waals surface area contributed by atoms with Gasteiger partial charge in [0.1, 0.15) is 11.5 Å². The number of nitrogens with one attached hydrogen (secondary N) is 2. The van der Waals surface area contributed by atoms with Gasteiger partial charge < -0.3 is 10.1 Å². The van der Waals surface area contributed by atoms with Gasteiger partial charge in [-0.25, -0.2) is 0 Å². The van der Waals surface area contributed by atoms with Crippen LogP contribution in [0.25, 0.3) is 0 Å². The lowest BCUT2D eigenvalue weighted by Crippen LogP contribution is -2.20. The summed E-state index contributed by atoms with van der Waals surface area (Å²) in [4.78, 5) is 23.4. The molecule has 1 aliphatic heterocycles. The van der Waals surface area contributed by atoms with E-state index in [2.05, 4.69) is 10.6 Å². The first kappa shape index (κ1) is 13.3. The first-order valence-corrected chi connectivity index (χ1v) is 6.59. The molecule has 2 amide bonds. The minimum Gasteiger partial charge on any atom is -0.457 e. The van der Waals surface area contributed by atoms with Gasteiger partial charge in [0.2, 0.25) is 0 Å². The third-order valence-corrected chi connectivity index (χ3v) is 3.26. The fourth-order valence-corrected chi connectivity index (χ4v) is 2.28. The van der Waals surface area contributed by atoms with E-state index in [0.717, 1.165) is 12.1 Å². The average molecular weight is 282 g/mol. The molecule has 0 atom stereocenters. The predicted octanol–water partition coefficient (Wildman–Crippen LogP) is 2.08. The largest absolute Gasteiger partial charge is 0.457 e. The van der Waals surface area contributed by atoms with E-state index in [1.54, 1.807) is 18.2 Å². The molecule has 0 unspecified atom stereocenters. The summed E-state index contributed by atoms with van der Waals surface area (Å²) in [5.74, 6) is 0.204. The Balaban J connectivity index is 1.89. The van der Waals surface area contributed by atoms with Crippen LogP contribution in [0.5, 0.6) is 11.5 Å². The van der Waals surface area contributed by atoms with Crippen LogP contribution < -0.4 is 15.4 Å². The molecule has 5 heteroatoms. The summed E-state index contributed by atoms with van der Waals surface area (Å²) >= 11 is 0. The molecule has 0 aromatic heterocycles. The van der Waals surface area contributed by atoms with Gasteiger partial charge in [0.15, 0.2) is 0 Å². The van der Waals surface area contributed by atoms with Crippen molar-refractivity contribution in [3.05, 3.63) is 59.2 Å². The van der Waals surface area contributed by atoms with Crippen molar-refractivity contribution in [2.75, 3.05) is 7.05 Å². The molecule has 0 radical (unpaired) electrons. The third-order valence-electron chi connectivity index (χ3n) is 3.26. The molecule has 0 bridgehead atoms. The van der Waals surface area contributed by atoms with E-state index in [9.17, 15) is 9.59 Å². The lowest BCUT2D eigenvalue weighted by molar-refractivity contribution is 0.0879. The molecule has 2 aromatic rings. The Morgan fingerprint density at radius 3 is 2.52 bits per heavy atom. The number of imide groups is 1. The topological polar surface area (TPSA) is 67.4 Å². The molecular weight excluding hydrogens is 268 g/mol. The van der Waals surface area contributed by atoms with E-state index in [1.807, 2.05) is 31.3 Å². The van der Waals surface area contributed by atoms with E-state index < -0.39 is 5.91 Å². The standard InChI is InChI=1S/C16H14N2O3/c1-17-9-10-5-7-11(8-6-10)21-13-4-2-3-12-14(13)16(20)18-15(12)19/h2-8,17H,9H2,1H3,(H,18,19,20). The number of amides is 2. The molecule has 0 aliphatic carbocycles. The van der Waals surface area contributed by atoms with Gasteiger partial charge in [0.05, 0.1) is 11.1 Å². The Morgan fingerprint density at radius 2 is 1.81 bits per heavy atom. The molecule has 2 N–H and O–H groups in total. The molecule has 5 nitrogen and oxygen atoms in total. The van der Waals surface area contributed by atoms with Crippen molar-refractivity contribution < 1.29 is 14.3 Å². The van der Waals surface area contributed by atoms with Gasteiger partial charge in [-0.2, -0.15) is 0 Å². The van der Waals surface area contributed by atoms with E-state index in [-0.39, 0.29) is 5.91 Å². The lowest BCUT2D eigenvalue weighted by Gasteiger charge is -2.09. The number of rotatable bonds is 4. The maximum atomic E-state index is 11.8. The van der Waals surface area contributed by atoms with Crippen molar-refractivity contribution in [2.45, 2.75) is 6.54 Å². The molecule has 3 rings (SSSR count). The highest BCUT2D eigenvalue weighted by atomic mass is 16.5. The average Bonchev–Trinajstić information content (AvgIpc) is 2.78. The smallest absolute Gasteiger partial charge is 0.262 e. The number of ether oxygens (including phenoxy) is 1. The van der Waals surface area contributed by atoms with Crippen molar-refractivity contribution in [2.24, 2.45) is 0 Å². The van der Waals surface area contributed by atoms with Gasteiger partial charge in [-0.3, -0.25) is 14.9 Å². The van der Waals surface area contributed by atoms with Crippen molar-refractivity contribution >= 4 is 11.8 Å². The maximum Gasteiger partial charge on any atom is 0.262 e. The number of hydrogen-bond donors (Lipinski definition) is 2. The summed E-state index contributed by atoms with van der Waals surface area (Å²) in [5, 5.41) is 5.33. The van der Waals surface area contributed by atoms with Crippen LogP contribution in [0, 0.1) is 0 Å². The van der Waals surface area contributed by atoms with Crippen LogP contribution in [-0.4, -0.2) is 18.9 Å². The summed E-state index contributed by atoms with van der Waals surface area (Å²) in [6.07, 6.45) is 0. The Labute approximate surface area is 121 Å². The number of benzene rings is 2. The van der Waals surface area contributed by atoms with Crippen molar-refractivity contribution in [3.8, 4) is 11.5 Å². The normalized spacial score (nSPS) is 13.0. The van der Waals surface area contributed by atoms with E-state index in [4.69, 9.17) is 4.74 Å². The van der Waals surface area contributed by atoms with Crippen molar-refractivity contribution in [1.82, 2.24) is 10.6 Å². The first-order chi connectivity index (χ1) is 10.2. The van der Waals surface area contributed by atoms with E-state index in [0.29, 0.717) is 22.6 Å². The minimum absolute atomic E-state index is 0.293. The molecular formula is C16H14N2O3. The molecule has 0 spiro atoms. The number of carbonyl (C=O) groups is 2. The predicted molar refractivity (Wildman–Crippen MR) is 77.5 cm³/mol. The minimum atomic E-state index is -0.419. The molecule has 0 saturated carbocycles. The van der Waals surface area contributed by atoms with Gasteiger partial charge in [-0.1, -0.05) is 18.2 Å². The molecule has 1 aliphatic rings. The second-order valence-electron chi connectivity index (χ2n) is 4.74. The molecule has 2 aromatic carbocycles. The Kier molecular flexibility index (Phi) is 3.41. The Hall–Kier alpha value is -2.66. The summed E-state index contributed by atoms with van der Waals surface area (Å²) in [7, 11) is 1.88. The molecule has 0 saturated heterocycles. The van der Waals surface area contributed by atoms with Crippen LogP contribution in [0.4, 0.5) is 0 Å². The Morgan fingerprint density at radius 1 is 1.05 bits per heavy atom. The zero-order valence-corrected chi connectivity index (χ0v) is 11.5. The summed E-state index contributed by atoms with van der Waals surface area (Å²) in [5.41, 5.74) is 1.78. The van der Waals surface area contributed by atoms with Crippen molar-refractivity contribution in [3.63, 3.8) is 0 Å². The number of hydrogen-bond acceptors (Lipinski definition) is 4. The molecule has 106 valence electrons. The van der Waals surface area contributed by atoms with Gasteiger partial charge in [0, 0.05) is 6.54 Å². The molecule has 0 fully saturated rings. The van der Waals surface area contributed by atoms with Crippen molar-refractivity contribution in [1.29, 1.82) is 0 Å². The first-order valence-electron chi connectivity index (χ1n) is 6.59. The van der Waals surface area contributed by atoms with Gasteiger partial charge >= 0.3 is 0 Å². The lowest BCUT2D eigenvalue weighted by atomic mass is 10.1. The third kappa shape index (κ3) is 2.51. The van der Waals surface area contributed by atoms with Gasteiger partial charge in [0.25, 0.3) is 11.8 Å². The highest BCUT2D eigenvalue weighted by molar-refractivity contribution is 6.22. The Bertz CT molecular complexity index is 708. The maximum absolute atomic E-state index is 11.8. The molecule has 21 heavy (non-hydrogen) atoms. The van der Waals surface area contributed by atoms with E-state index in [1.165, 1.54) is 0 Å². The quantitative estimate of drug-likeness (QED) is 0.843. The monoisotopic (exact) mass is 282 g/mol. The molecule has 1 heterocycles. The highest BCUT2D eigenvalue weighted by Gasteiger charge is 2.30. The van der Waals surface area contributed by atoms with Crippen LogP contribution in [-0.2, 0) is 6.54 Å². The zero-order chi connectivity index (χ0) is 14.8. The van der Waals surface area contributed by atoms with E-state index >= 15 is 0 Å². The van der Waals surface area contributed by atoms with Crippen LogP contribution in [0.2, 0.25) is 0 Å². The highest BCUT2D eigenvalue weighted by Crippen LogP contribution is 2.30. The fourth-order valence-electron chi connectivity index (χ4n) is 2.28. The fraction of sp³-hybridized carbons (Fsp3) is 0.125. The SMILES string of the molecule is CNCc1ccc(Oc2cccc3c2C(=O)NC3=O)cc1. The van der Waals surface area contributed by atoms with Gasteiger partial charge in [-0.15, -0.1) is 0 Å². The van der Waals surface area contributed by atoms with Gasteiger partial charge in [-0.05, 0) is 36.9 Å². The summed E-state index contributed by atoms with van der Waals surface area (Å²) in [6.45, 7) is 0.776.